The zero-order valence-electron chi connectivity index (χ0n) is 10.6. The van der Waals surface area contributed by atoms with Crippen LogP contribution in [0.1, 0.15) is 0 Å². The van der Waals surface area contributed by atoms with Crippen LogP contribution < -0.4 is 4.90 Å². The van der Waals surface area contributed by atoms with Crippen LogP contribution in [0.4, 0.5) is 11.4 Å². The summed E-state index contributed by atoms with van der Waals surface area (Å²) in [5.41, 5.74) is 0.138. The molecule has 0 saturated carbocycles. The number of nitrogens with zero attached hydrogens (tertiary/aromatic N) is 3. The predicted molar refractivity (Wildman–Crippen MR) is 72.6 cm³/mol. The first-order valence-electron chi connectivity index (χ1n) is 5.76. The lowest BCUT2D eigenvalue weighted by molar-refractivity contribution is -0.384. The van der Waals surface area contributed by atoms with Gasteiger partial charge in [-0.3, -0.25) is 15.1 Å². The number of carbonyl (C=O) groups is 1. The normalized spacial score (nSPS) is 18.7. The lowest BCUT2D eigenvalue weighted by Gasteiger charge is -2.35. The minimum Gasteiger partial charge on any atom is -0.467 e. The van der Waals surface area contributed by atoms with E-state index in [-0.39, 0.29) is 12.3 Å². The molecule has 108 valence electrons. The number of pyridine rings is 1. The van der Waals surface area contributed by atoms with Crippen LogP contribution in [0.15, 0.2) is 16.9 Å². The Morgan fingerprint density at radius 3 is 3.05 bits per heavy atom. The molecule has 1 unspecified atom stereocenters. The van der Waals surface area contributed by atoms with E-state index in [2.05, 4.69) is 20.9 Å². The Hall–Kier alpha value is -1.74. The van der Waals surface area contributed by atoms with Gasteiger partial charge >= 0.3 is 11.7 Å². The molecular formula is C11H12BrN3O5. The van der Waals surface area contributed by atoms with Crippen LogP contribution in [0.25, 0.3) is 0 Å². The van der Waals surface area contributed by atoms with Gasteiger partial charge in [0.05, 0.1) is 29.7 Å². The number of aromatic nitrogens is 1. The van der Waals surface area contributed by atoms with Crippen LogP contribution >= 0.6 is 15.9 Å². The van der Waals surface area contributed by atoms with Gasteiger partial charge in [0.2, 0.25) is 0 Å². The molecule has 0 N–H and O–H groups in total. The molecule has 1 aliphatic heterocycles. The molecule has 1 aromatic heterocycles. The third kappa shape index (κ3) is 2.73. The second-order valence-corrected chi connectivity index (χ2v) is 4.91. The number of rotatable bonds is 3. The first kappa shape index (κ1) is 14.7. The average molecular weight is 346 g/mol. The van der Waals surface area contributed by atoms with Crippen LogP contribution in [-0.4, -0.2) is 48.8 Å². The largest absolute Gasteiger partial charge is 0.467 e. The molecule has 8 nitrogen and oxygen atoms in total. The van der Waals surface area contributed by atoms with E-state index in [1.54, 1.807) is 4.90 Å². The Balaban J connectivity index is 2.47. The molecule has 9 heteroatoms. The molecule has 1 saturated heterocycles. The van der Waals surface area contributed by atoms with Crippen molar-refractivity contribution in [1.82, 2.24) is 4.98 Å². The quantitative estimate of drug-likeness (QED) is 0.460. The second kappa shape index (κ2) is 6.14. The van der Waals surface area contributed by atoms with E-state index in [0.717, 1.165) is 6.20 Å². The van der Waals surface area contributed by atoms with Crippen molar-refractivity contribution in [3.05, 3.63) is 27.0 Å². The summed E-state index contributed by atoms with van der Waals surface area (Å²) in [5, 5.41) is 11.1. The number of anilines is 1. The van der Waals surface area contributed by atoms with Gasteiger partial charge in [-0.2, -0.15) is 0 Å². The van der Waals surface area contributed by atoms with Crippen molar-refractivity contribution in [3.63, 3.8) is 0 Å². The minimum atomic E-state index is -0.717. The van der Waals surface area contributed by atoms with Crippen molar-refractivity contribution in [3.8, 4) is 0 Å². The van der Waals surface area contributed by atoms with E-state index in [4.69, 9.17) is 9.47 Å². The predicted octanol–water partition coefficient (Wildman–Crippen LogP) is 1.13. The lowest BCUT2D eigenvalue weighted by atomic mass is 10.2. The van der Waals surface area contributed by atoms with Crippen molar-refractivity contribution < 1.29 is 19.2 Å². The van der Waals surface area contributed by atoms with E-state index in [0.29, 0.717) is 23.3 Å². The molecule has 2 heterocycles. The highest BCUT2D eigenvalue weighted by Crippen LogP contribution is 2.36. The SMILES string of the molecule is COC(=O)C1COCCN1c1c(Br)cncc1[N+](=O)[O-]. The number of hydrogen-bond donors (Lipinski definition) is 0. The number of morpholine rings is 1. The van der Waals surface area contributed by atoms with E-state index in [1.807, 2.05) is 0 Å². The topological polar surface area (TPSA) is 94.8 Å². The fourth-order valence-electron chi connectivity index (χ4n) is 2.04. The molecule has 1 aliphatic rings. The molecule has 1 atom stereocenters. The highest BCUT2D eigenvalue weighted by atomic mass is 79.9. The number of methoxy groups -OCH3 is 1. The number of nitro groups is 1. The molecular weight excluding hydrogens is 334 g/mol. The molecule has 0 aromatic carbocycles. The summed E-state index contributed by atoms with van der Waals surface area (Å²) < 4.78 is 10.4. The fraction of sp³-hybridized carbons (Fsp3) is 0.455. The van der Waals surface area contributed by atoms with Crippen LogP contribution in [0.2, 0.25) is 0 Å². The number of halogens is 1. The maximum Gasteiger partial charge on any atom is 0.330 e. The molecule has 0 amide bonds. The Morgan fingerprint density at radius 1 is 1.65 bits per heavy atom. The number of carbonyl (C=O) groups excluding carboxylic acids is 1. The van der Waals surface area contributed by atoms with Crippen molar-refractivity contribution in [2.24, 2.45) is 0 Å². The van der Waals surface area contributed by atoms with Gasteiger partial charge in [-0.15, -0.1) is 0 Å². The van der Waals surface area contributed by atoms with Crippen molar-refractivity contribution in [1.29, 1.82) is 0 Å². The smallest absolute Gasteiger partial charge is 0.330 e. The first-order chi connectivity index (χ1) is 9.56. The van der Waals surface area contributed by atoms with Gasteiger partial charge in [-0.05, 0) is 15.9 Å². The number of hydrogen-bond acceptors (Lipinski definition) is 7. The minimum absolute atomic E-state index is 0.124. The Morgan fingerprint density at radius 2 is 2.40 bits per heavy atom. The van der Waals surface area contributed by atoms with Gasteiger partial charge in [0.1, 0.15) is 11.9 Å². The first-order valence-corrected chi connectivity index (χ1v) is 6.55. The van der Waals surface area contributed by atoms with Crippen molar-refractivity contribution in [2.75, 3.05) is 31.8 Å². The van der Waals surface area contributed by atoms with Crippen molar-refractivity contribution in [2.45, 2.75) is 6.04 Å². The maximum atomic E-state index is 11.8. The maximum absolute atomic E-state index is 11.8. The van der Waals surface area contributed by atoms with Crippen LogP contribution in [0.3, 0.4) is 0 Å². The van der Waals surface area contributed by atoms with Crippen molar-refractivity contribution >= 4 is 33.3 Å². The Kier molecular flexibility index (Phi) is 4.50. The summed E-state index contributed by atoms with van der Waals surface area (Å²) in [5.74, 6) is -0.497. The average Bonchev–Trinajstić information content (AvgIpc) is 2.46. The monoisotopic (exact) mass is 345 g/mol. The highest BCUT2D eigenvalue weighted by molar-refractivity contribution is 9.10. The lowest BCUT2D eigenvalue weighted by Crippen LogP contribution is -2.51. The second-order valence-electron chi connectivity index (χ2n) is 4.05. The Bertz CT molecular complexity index is 539. The number of esters is 1. The summed E-state index contributed by atoms with van der Waals surface area (Å²) in [6.07, 6.45) is 2.61. The summed E-state index contributed by atoms with van der Waals surface area (Å²) in [7, 11) is 1.27. The zero-order chi connectivity index (χ0) is 14.7. The molecule has 0 spiro atoms. The van der Waals surface area contributed by atoms with Gasteiger partial charge < -0.3 is 14.4 Å². The molecule has 0 radical (unpaired) electrons. The molecule has 0 bridgehead atoms. The standard InChI is InChI=1S/C11H12BrN3O5/c1-19-11(16)9-6-20-3-2-14(9)10-7(12)4-13-5-8(10)15(17)18/h4-5,9H,2-3,6H2,1H3. The van der Waals surface area contributed by atoms with Gasteiger partial charge in [0.15, 0.2) is 6.04 Å². The van der Waals surface area contributed by atoms with Gasteiger partial charge in [-0.1, -0.05) is 0 Å². The summed E-state index contributed by atoms with van der Waals surface area (Å²) >= 11 is 3.25. The highest BCUT2D eigenvalue weighted by Gasteiger charge is 2.35. The van der Waals surface area contributed by atoms with E-state index in [1.165, 1.54) is 13.3 Å². The zero-order valence-corrected chi connectivity index (χ0v) is 12.2. The van der Waals surface area contributed by atoms with Gasteiger partial charge in [-0.25, -0.2) is 4.79 Å². The summed E-state index contributed by atoms with van der Waals surface area (Å²) in [4.78, 5) is 27.8. The molecule has 0 aliphatic carbocycles. The van der Waals surface area contributed by atoms with E-state index >= 15 is 0 Å². The van der Waals surface area contributed by atoms with Crippen LogP contribution in [0.5, 0.6) is 0 Å². The van der Waals surface area contributed by atoms with E-state index in [9.17, 15) is 14.9 Å². The molecule has 2 rings (SSSR count). The number of ether oxygens (including phenoxy) is 2. The third-order valence-corrected chi connectivity index (χ3v) is 3.52. The molecule has 20 heavy (non-hydrogen) atoms. The fourth-order valence-corrected chi connectivity index (χ4v) is 2.59. The molecule has 1 fully saturated rings. The van der Waals surface area contributed by atoms with Gasteiger partial charge in [0.25, 0.3) is 0 Å². The summed E-state index contributed by atoms with van der Waals surface area (Å²) in [6, 6.07) is -0.717. The summed E-state index contributed by atoms with van der Waals surface area (Å²) in [6.45, 7) is 0.848. The molecule has 1 aromatic rings. The van der Waals surface area contributed by atoms with Crippen LogP contribution in [0, 0.1) is 10.1 Å². The van der Waals surface area contributed by atoms with Gasteiger partial charge in [0, 0.05) is 12.7 Å². The van der Waals surface area contributed by atoms with Crippen LogP contribution in [-0.2, 0) is 14.3 Å². The third-order valence-electron chi connectivity index (χ3n) is 2.94. The van der Waals surface area contributed by atoms with E-state index < -0.39 is 16.9 Å². The Labute approximate surface area is 123 Å².